The monoisotopic (exact) mass is 480 g/mol. The Hall–Kier alpha value is -3.40. The highest BCUT2D eigenvalue weighted by Gasteiger charge is 2.15. The van der Waals surface area contributed by atoms with E-state index in [1.165, 1.54) is 66.2 Å². The van der Waals surface area contributed by atoms with Crippen molar-refractivity contribution in [2.45, 2.75) is 80.1 Å². The Morgan fingerprint density at radius 1 is 0.389 bits per heavy atom. The molecule has 1 aliphatic rings. The summed E-state index contributed by atoms with van der Waals surface area (Å²) in [6, 6.07) is 4.36. The van der Waals surface area contributed by atoms with E-state index in [0.717, 1.165) is 49.9 Å². The lowest BCUT2D eigenvalue weighted by Crippen LogP contribution is -2.13. The number of hydrogen-bond donors (Lipinski definition) is 4. The number of rotatable bonds is 6. The second-order valence-corrected chi connectivity index (χ2v) is 9.80. The molecule has 4 N–H and O–H groups in total. The quantitative estimate of drug-likeness (QED) is 0.284. The molecule has 0 amide bonds. The van der Waals surface area contributed by atoms with Crippen LogP contribution in [0.5, 0.6) is 0 Å². The molecule has 0 atom stereocenters. The van der Waals surface area contributed by atoms with Gasteiger partial charge >= 0.3 is 0 Å². The van der Waals surface area contributed by atoms with Crippen molar-refractivity contribution < 1.29 is 0 Å². The minimum atomic E-state index is 1.01. The fraction of sp³-hybridized carbons (Fsp3) is 0.375. The molecular formula is C32H40N4. The van der Waals surface area contributed by atoms with Crippen LogP contribution in [0.4, 0.5) is 0 Å². The minimum absolute atomic E-state index is 1.01. The first kappa shape index (κ1) is 24.3. The Balaban J connectivity index is 1.94. The van der Waals surface area contributed by atoms with Gasteiger partial charge in [-0.2, -0.15) is 0 Å². The van der Waals surface area contributed by atoms with Gasteiger partial charge in [-0.15, -0.1) is 0 Å². The topological polar surface area (TPSA) is 63.2 Å². The summed E-state index contributed by atoms with van der Waals surface area (Å²) in [5.74, 6) is 0. The number of H-pyrrole nitrogens is 4. The zero-order chi connectivity index (χ0) is 25.4. The molecule has 4 aromatic rings. The van der Waals surface area contributed by atoms with Gasteiger partial charge in [0.15, 0.2) is 0 Å². The van der Waals surface area contributed by atoms with Gasteiger partial charge in [0.2, 0.25) is 0 Å². The molecule has 188 valence electrons. The summed E-state index contributed by atoms with van der Waals surface area (Å²) in [5, 5.41) is 4.86. The molecule has 4 aromatic heterocycles. The van der Waals surface area contributed by atoms with Gasteiger partial charge in [-0.3, -0.25) is 0 Å². The predicted molar refractivity (Wildman–Crippen MR) is 152 cm³/mol. The van der Waals surface area contributed by atoms with Crippen molar-refractivity contribution in [3.05, 3.63) is 89.7 Å². The largest absolute Gasteiger partial charge is 0.355 e. The van der Waals surface area contributed by atoms with Gasteiger partial charge in [0, 0.05) is 44.2 Å². The van der Waals surface area contributed by atoms with Crippen LogP contribution in [0.15, 0.2) is 12.1 Å². The van der Waals surface area contributed by atoms with E-state index in [4.69, 9.17) is 0 Å². The molecule has 36 heavy (non-hydrogen) atoms. The lowest BCUT2D eigenvalue weighted by Gasteiger charge is -2.01. The number of fused-ring (bicyclic) bond motifs is 8. The first-order valence-corrected chi connectivity index (χ1v) is 13.8. The summed E-state index contributed by atoms with van der Waals surface area (Å²) in [6.07, 6.45) is 15.3. The molecule has 4 heteroatoms. The van der Waals surface area contributed by atoms with E-state index in [-0.39, 0.29) is 0 Å². The van der Waals surface area contributed by atoms with E-state index in [1.54, 1.807) is 0 Å². The number of aromatic amines is 4. The Morgan fingerprint density at radius 2 is 0.722 bits per heavy atom. The highest BCUT2D eigenvalue weighted by molar-refractivity contribution is 5.63. The van der Waals surface area contributed by atoms with Crippen LogP contribution >= 0.6 is 0 Å². The van der Waals surface area contributed by atoms with Gasteiger partial charge < -0.3 is 19.9 Å². The number of nitrogens with one attached hydrogen (secondary N) is 4. The van der Waals surface area contributed by atoms with Crippen molar-refractivity contribution in [3.8, 4) is 0 Å². The van der Waals surface area contributed by atoms with Gasteiger partial charge in [-0.05, 0) is 108 Å². The summed E-state index contributed by atoms with van der Waals surface area (Å²) in [4.78, 5) is 15.0. The van der Waals surface area contributed by atoms with E-state index < -0.39 is 0 Å². The Morgan fingerprint density at radius 3 is 1.06 bits per heavy atom. The number of aromatic nitrogens is 4. The average molecular weight is 481 g/mol. The maximum absolute atomic E-state index is 3.83. The van der Waals surface area contributed by atoms with E-state index in [2.05, 4.69) is 97.9 Å². The molecule has 4 nitrogen and oxygen atoms in total. The molecule has 0 fully saturated rings. The maximum Gasteiger partial charge on any atom is 0.0441 e. The van der Waals surface area contributed by atoms with Gasteiger partial charge in [0.25, 0.3) is 0 Å². The summed E-state index contributed by atoms with van der Waals surface area (Å²) < 4.78 is 0. The zero-order valence-corrected chi connectivity index (χ0v) is 22.7. The average Bonchev–Trinajstić information content (AvgIpc) is 3.62. The Bertz CT molecular complexity index is 1530. The molecule has 0 saturated heterocycles. The van der Waals surface area contributed by atoms with E-state index in [0.29, 0.717) is 0 Å². The second-order valence-electron chi connectivity index (χ2n) is 9.80. The molecule has 0 radical (unpaired) electrons. The molecule has 5 heterocycles. The lowest BCUT2D eigenvalue weighted by molar-refractivity contribution is 1.04. The van der Waals surface area contributed by atoms with Crippen molar-refractivity contribution >= 4 is 24.3 Å². The van der Waals surface area contributed by atoms with Crippen LogP contribution in [0.1, 0.15) is 97.7 Å². The molecule has 8 bridgehead atoms. The summed E-state index contributed by atoms with van der Waals surface area (Å²) >= 11 is 0. The van der Waals surface area contributed by atoms with Crippen LogP contribution in [0.2, 0.25) is 0 Å². The molecule has 0 aromatic carbocycles. The summed E-state index contributed by atoms with van der Waals surface area (Å²) in [6.45, 7) is 13.6. The lowest BCUT2D eigenvalue weighted by atomic mass is 10.0. The normalized spacial score (nSPS) is 12.6. The van der Waals surface area contributed by atoms with Crippen LogP contribution in [-0.4, -0.2) is 19.9 Å². The van der Waals surface area contributed by atoms with Crippen LogP contribution < -0.4 is 21.4 Å². The standard InChI is InChI=1S/C32H40N4/c1-7-21-23(9-3)29-17-31-25(11-5)26(12-6)32(36-31)18-30-24(10-4)22(8-2)28(35-30)16-20-14-13-19(33-20)15-27(21)34-29/h13-18,33-36H,7-12H2,1-6H3. The van der Waals surface area contributed by atoms with Crippen molar-refractivity contribution in [3.63, 3.8) is 0 Å². The zero-order valence-electron chi connectivity index (χ0n) is 22.7. The van der Waals surface area contributed by atoms with Crippen LogP contribution in [-0.2, 0) is 38.5 Å². The van der Waals surface area contributed by atoms with Gasteiger partial charge in [0.1, 0.15) is 0 Å². The van der Waals surface area contributed by atoms with Crippen LogP contribution in [0.3, 0.4) is 0 Å². The summed E-state index contributed by atoms with van der Waals surface area (Å²) in [5.41, 5.74) is 13.2. The Labute approximate surface area is 214 Å². The predicted octanol–water partition coefficient (Wildman–Crippen LogP) is 4.00. The number of hydrogen-bond acceptors (Lipinski definition) is 0. The Kier molecular flexibility index (Phi) is 6.70. The third-order valence-corrected chi connectivity index (χ3v) is 7.88. The molecule has 0 unspecified atom stereocenters. The van der Waals surface area contributed by atoms with E-state index in [1.807, 2.05) is 0 Å². The fourth-order valence-electron chi connectivity index (χ4n) is 6.22. The third kappa shape index (κ3) is 4.03. The van der Waals surface area contributed by atoms with Crippen LogP contribution in [0, 0.1) is 0 Å². The summed E-state index contributed by atoms with van der Waals surface area (Å²) in [7, 11) is 0. The third-order valence-electron chi connectivity index (χ3n) is 7.88. The van der Waals surface area contributed by atoms with Gasteiger partial charge in [0.05, 0.1) is 0 Å². The fourth-order valence-corrected chi connectivity index (χ4v) is 6.22. The van der Waals surface area contributed by atoms with Crippen molar-refractivity contribution in [1.29, 1.82) is 0 Å². The van der Waals surface area contributed by atoms with E-state index in [9.17, 15) is 0 Å². The minimum Gasteiger partial charge on any atom is -0.355 e. The maximum atomic E-state index is 3.83. The molecule has 0 aliphatic carbocycles. The first-order valence-electron chi connectivity index (χ1n) is 13.8. The highest BCUT2D eigenvalue weighted by atomic mass is 14.8. The second kappa shape index (κ2) is 9.93. The molecule has 0 saturated carbocycles. The van der Waals surface area contributed by atoms with Crippen LogP contribution in [0.25, 0.3) is 24.3 Å². The van der Waals surface area contributed by atoms with E-state index >= 15 is 0 Å². The molecule has 0 spiro atoms. The molecule has 5 rings (SSSR count). The smallest absolute Gasteiger partial charge is 0.0441 e. The van der Waals surface area contributed by atoms with Crippen molar-refractivity contribution in [2.24, 2.45) is 0 Å². The SMILES string of the molecule is CCc1c2[nH]c(c1CC)C=c1[nH]c(c(CC)c1CC)=Cc1ccc([nH]1)C=c1[nH]c(c(CC)c1CC)=C2. The highest BCUT2D eigenvalue weighted by Crippen LogP contribution is 2.22. The van der Waals surface area contributed by atoms with Crippen molar-refractivity contribution in [2.75, 3.05) is 0 Å². The van der Waals surface area contributed by atoms with Crippen molar-refractivity contribution in [1.82, 2.24) is 19.9 Å². The molecular weight excluding hydrogens is 440 g/mol. The molecule has 1 aliphatic heterocycles. The van der Waals surface area contributed by atoms with Gasteiger partial charge in [-0.1, -0.05) is 41.5 Å². The first-order chi connectivity index (χ1) is 17.5. The van der Waals surface area contributed by atoms with Gasteiger partial charge in [-0.25, -0.2) is 0 Å².